The van der Waals surface area contributed by atoms with Crippen LogP contribution in [-0.4, -0.2) is 35.4 Å². The third-order valence-corrected chi connectivity index (χ3v) is 5.94. The monoisotopic (exact) mass is 385 g/mol. The second kappa shape index (κ2) is 8.31. The first-order valence-electron chi connectivity index (χ1n) is 9.36. The zero-order valence-electron chi connectivity index (χ0n) is 16.2. The van der Waals surface area contributed by atoms with Crippen molar-refractivity contribution in [2.24, 2.45) is 0 Å². The molecule has 0 unspecified atom stereocenters. The molecule has 1 fully saturated rings. The molecule has 6 heteroatoms. The highest BCUT2D eigenvalue weighted by Gasteiger charge is 2.18. The Balaban J connectivity index is 1.59. The number of hydrogen-bond donors (Lipinski definition) is 0. The van der Waals surface area contributed by atoms with Crippen molar-refractivity contribution >= 4 is 23.3 Å². The molecule has 1 aliphatic heterocycles. The first kappa shape index (κ1) is 19.7. The number of nitro groups is 1. The Hall–Kier alpha value is -2.05. The van der Waals surface area contributed by atoms with E-state index in [9.17, 15) is 10.1 Å². The lowest BCUT2D eigenvalue weighted by atomic mass is 9.87. The van der Waals surface area contributed by atoms with E-state index in [0.717, 1.165) is 38.3 Å². The van der Waals surface area contributed by atoms with Crippen LogP contribution in [0.2, 0.25) is 0 Å². The van der Waals surface area contributed by atoms with Crippen LogP contribution in [0.15, 0.2) is 53.4 Å². The second-order valence-corrected chi connectivity index (χ2v) is 9.08. The van der Waals surface area contributed by atoms with Crippen LogP contribution in [0, 0.1) is 10.1 Å². The van der Waals surface area contributed by atoms with Crippen molar-refractivity contribution in [3.63, 3.8) is 0 Å². The van der Waals surface area contributed by atoms with E-state index in [1.54, 1.807) is 12.1 Å². The molecule has 5 nitrogen and oxygen atoms in total. The molecular formula is C21H27N3O2S. The van der Waals surface area contributed by atoms with Crippen LogP contribution in [0.3, 0.4) is 0 Å². The number of anilines is 1. The lowest BCUT2D eigenvalue weighted by molar-refractivity contribution is -0.384. The van der Waals surface area contributed by atoms with Gasteiger partial charge < -0.3 is 4.90 Å². The molecule has 27 heavy (non-hydrogen) atoms. The van der Waals surface area contributed by atoms with Gasteiger partial charge in [-0.05, 0) is 53.6 Å². The van der Waals surface area contributed by atoms with Crippen molar-refractivity contribution in [3.05, 3.63) is 64.2 Å². The fourth-order valence-electron chi connectivity index (χ4n) is 3.19. The largest absolute Gasteiger partial charge is 0.370 e. The minimum Gasteiger partial charge on any atom is -0.370 e. The topological polar surface area (TPSA) is 49.6 Å². The van der Waals surface area contributed by atoms with Crippen molar-refractivity contribution in [2.75, 3.05) is 31.1 Å². The van der Waals surface area contributed by atoms with Crippen LogP contribution >= 0.6 is 11.9 Å². The predicted octanol–water partition coefficient (Wildman–Crippen LogP) is 5.11. The van der Waals surface area contributed by atoms with Gasteiger partial charge >= 0.3 is 0 Å². The maximum absolute atomic E-state index is 10.8. The molecule has 0 radical (unpaired) electrons. The molecule has 144 valence electrons. The molecule has 0 saturated carbocycles. The van der Waals surface area contributed by atoms with E-state index in [1.165, 1.54) is 10.5 Å². The first-order valence-corrected chi connectivity index (χ1v) is 10.1. The molecule has 0 aromatic heterocycles. The summed E-state index contributed by atoms with van der Waals surface area (Å²) in [6, 6.07) is 15.8. The van der Waals surface area contributed by atoms with Gasteiger partial charge in [-0.3, -0.25) is 10.1 Å². The van der Waals surface area contributed by atoms with Gasteiger partial charge in [0.2, 0.25) is 0 Å². The molecule has 1 saturated heterocycles. The minimum atomic E-state index is -0.352. The lowest BCUT2D eigenvalue weighted by Crippen LogP contribution is -2.27. The van der Waals surface area contributed by atoms with E-state index >= 15 is 0 Å². The molecule has 0 N–H and O–H groups in total. The smallest absolute Gasteiger partial charge is 0.269 e. The van der Waals surface area contributed by atoms with Gasteiger partial charge in [-0.2, -0.15) is 0 Å². The maximum Gasteiger partial charge on any atom is 0.269 e. The average Bonchev–Trinajstić information content (AvgIpc) is 2.87. The van der Waals surface area contributed by atoms with E-state index in [4.69, 9.17) is 0 Å². The molecule has 2 aromatic carbocycles. The average molecular weight is 386 g/mol. The van der Waals surface area contributed by atoms with Crippen LogP contribution in [0.4, 0.5) is 11.4 Å². The van der Waals surface area contributed by atoms with Gasteiger partial charge in [0.05, 0.1) is 4.92 Å². The molecule has 0 bridgehead atoms. The predicted molar refractivity (Wildman–Crippen MR) is 112 cm³/mol. The summed E-state index contributed by atoms with van der Waals surface area (Å²) in [7, 11) is 0. The van der Waals surface area contributed by atoms with E-state index in [1.807, 2.05) is 24.1 Å². The lowest BCUT2D eigenvalue weighted by Gasteiger charge is -2.23. The first-order chi connectivity index (χ1) is 12.8. The second-order valence-electron chi connectivity index (χ2n) is 7.91. The molecule has 0 amide bonds. The van der Waals surface area contributed by atoms with Gasteiger partial charge in [-0.25, -0.2) is 4.31 Å². The highest BCUT2D eigenvalue weighted by molar-refractivity contribution is 7.97. The third kappa shape index (κ3) is 5.23. The summed E-state index contributed by atoms with van der Waals surface area (Å²) < 4.78 is 2.41. The number of nitro benzene ring substituents is 1. The van der Waals surface area contributed by atoms with Crippen LogP contribution in [0.5, 0.6) is 0 Å². The van der Waals surface area contributed by atoms with Crippen molar-refractivity contribution < 1.29 is 4.92 Å². The Morgan fingerprint density at radius 1 is 0.926 bits per heavy atom. The molecular weight excluding hydrogens is 358 g/mol. The van der Waals surface area contributed by atoms with Gasteiger partial charge in [0.15, 0.2) is 0 Å². The summed E-state index contributed by atoms with van der Waals surface area (Å²) >= 11 is 1.82. The number of hydrogen-bond acceptors (Lipinski definition) is 5. The quantitative estimate of drug-likeness (QED) is 0.416. The normalized spacial score (nSPS) is 16.2. The number of rotatable bonds is 4. The van der Waals surface area contributed by atoms with Gasteiger partial charge in [-0.15, -0.1) is 0 Å². The molecule has 0 spiro atoms. The van der Waals surface area contributed by atoms with E-state index in [0.29, 0.717) is 0 Å². The fraction of sp³-hybridized carbons (Fsp3) is 0.429. The highest BCUT2D eigenvalue weighted by atomic mass is 32.2. The Morgan fingerprint density at radius 2 is 1.59 bits per heavy atom. The summed E-state index contributed by atoms with van der Waals surface area (Å²) in [4.78, 5) is 14.0. The maximum atomic E-state index is 10.8. The van der Waals surface area contributed by atoms with E-state index in [2.05, 4.69) is 54.2 Å². The van der Waals surface area contributed by atoms with Gasteiger partial charge in [0.25, 0.3) is 5.69 Å². The number of nitrogens with zero attached hydrogens (tertiary/aromatic N) is 3. The molecule has 0 atom stereocenters. The molecule has 3 rings (SSSR count). The molecule has 1 aliphatic rings. The summed E-state index contributed by atoms with van der Waals surface area (Å²) in [5.41, 5.74) is 2.73. The van der Waals surface area contributed by atoms with Crippen molar-refractivity contribution in [3.8, 4) is 0 Å². The summed E-state index contributed by atoms with van der Waals surface area (Å²) in [6.07, 6.45) is 1.07. The van der Waals surface area contributed by atoms with E-state index < -0.39 is 0 Å². The fourth-order valence-corrected chi connectivity index (χ4v) is 4.14. The highest BCUT2D eigenvalue weighted by Crippen LogP contribution is 2.29. The van der Waals surface area contributed by atoms with Crippen LogP contribution in [0.25, 0.3) is 0 Å². The number of benzene rings is 2. The Morgan fingerprint density at radius 3 is 2.19 bits per heavy atom. The summed E-state index contributed by atoms with van der Waals surface area (Å²) in [5.74, 6) is 0. The van der Waals surface area contributed by atoms with Gasteiger partial charge in [-0.1, -0.05) is 32.9 Å². The van der Waals surface area contributed by atoms with Crippen molar-refractivity contribution in [1.82, 2.24) is 4.31 Å². The zero-order valence-corrected chi connectivity index (χ0v) is 17.0. The van der Waals surface area contributed by atoms with Crippen LogP contribution < -0.4 is 4.90 Å². The standard InChI is InChI=1S/C21H27N3O2S/c1-21(2,3)17-5-11-20(12-6-17)27-23-14-4-13-22(15-16-23)18-7-9-19(10-8-18)24(25)26/h5-12H,4,13-16H2,1-3H3. The minimum absolute atomic E-state index is 0.143. The van der Waals surface area contributed by atoms with Crippen molar-refractivity contribution in [2.45, 2.75) is 37.5 Å². The SMILES string of the molecule is CC(C)(C)c1ccc(SN2CCCN(c3ccc([N+](=O)[O-])cc3)CC2)cc1. The third-order valence-electron chi connectivity index (χ3n) is 4.84. The van der Waals surface area contributed by atoms with Crippen LogP contribution in [-0.2, 0) is 5.41 Å². The Kier molecular flexibility index (Phi) is 6.07. The van der Waals surface area contributed by atoms with E-state index in [-0.39, 0.29) is 16.0 Å². The molecule has 2 aromatic rings. The summed E-state index contributed by atoms with van der Waals surface area (Å²) in [5, 5.41) is 10.8. The Labute approximate surface area is 165 Å². The van der Waals surface area contributed by atoms with Crippen LogP contribution in [0.1, 0.15) is 32.8 Å². The molecule has 1 heterocycles. The van der Waals surface area contributed by atoms with Gasteiger partial charge in [0.1, 0.15) is 0 Å². The Bertz CT molecular complexity index is 770. The number of non-ortho nitro benzene ring substituents is 1. The summed E-state index contributed by atoms with van der Waals surface area (Å²) in [6.45, 7) is 10.6. The van der Waals surface area contributed by atoms with Crippen molar-refractivity contribution in [1.29, 1.82) is 0 Å². The van der Waals surface area contributed by atoms with Gasteiger partial charge in [0, 0.05) is 48.9 Å². The molecule has 0 aliphatic carbocycles. The zero-order chi connectivity index (χ0) is 19.4.